The molecular formula is C16H11F2N3O3S. The normalized spacial score (nSPS) is 10.5. The third-order valence-corrected chi connectivity index (χ3v) is 4.18. The molecule has 6 nitrogen and oxygen atoms in total. The van der Waals surface area contributed by atoms with Gasteiger partial charge in [-0.25, -0.2) is 18.6 Å². The van der Waals surface area contributed by atoms with Gasteiger partial charge in [-0.1, -0.05) is 11.3 Å². The minimum absolute atomic E-state index is 0.0191. The maximum atomic E-state index is 13.6. The Morgan fingerprint density at radius 2 is 1.80 bits per heavy atom. The first-order valence-corrected chi connectivity index (χ1v) is 7.80. The van der Waals surface area contributed by atoms with E-state index >= 15 is 0 Å². The van der Waals surface area contributed by atoms with Crippen molar-refractivity contribution in [3.8, 4) is 0 Å². The lowest BCUT2D eigenvalue weighted by atomic mass is 10.1. The Balaban J connectivity index is 1.70. The molecule has 9 heteroatoms. The number of hydrogen-bond donors (Lipinski definition) is 2. The number of nitrogens with one attached hydrogen (secondary N) is 2. The van der Waals surface area contributed by atoms with Gasteiger partial charge in [0.05, 0.1) is 17.4 Å². The third-order valence-electron chi connectivity index (χ3n) is 3.26. The molecule has 25 heavy (non-hydrogen) atoms. The molecule has 0 spiro atoms. The van der Waals surface area contributed by atoms with E-state index in [9.17, 15) is 18.4 Å². The zero-order valence-corrected chi connectivity index (χ0v) is 13.6. The number of hydrazine groups is 1. The SMILES string of the molecule is COC(=O)c1ccc(C(=O)NNc2nc3c(F)cc(F)cc3s2)cc1. The topological polar surface area (TPSA) is 80.3 Å². The van der Waals surface area contributed by atoms with Crippen molar-refractivity contribution in [1.82, 2.24) is 10.4 Å². The van der Waals surface area contributed by atoms with Crippen LogP contribution in [0.2, 0.25) is 0 Å². The number of fused-ring (bicyclic) bond motifs is 1. The highest BCUT2D eigenvalue weighted by atomic mass is 32.1. The van der Waals surface area contributed by atoms with Gasteiger partial charge >= 0.3 is 5.97 Å². The van der Waals surface area contributed by atoms with Crippen LogP contribution >= 0.6 is 11.3 Å². The molecule has 0 saturated carbocycles. The first kappa shape index (κ1) is 16.8. The van der Waals surface area contributed by atoms with Crippen molar-refractivity contribution in [3.63, 3.8) is 0 Å². The smallest absolute Gasteiger partial charge is 0.337 e. The van der Waals surface area contributed by atoms with E-state index in [1.54, 1.807) is 0 Å². The number of thiazole rings is 1. The van der Waals surface area contributed by atoms with Crippen molar-refractivity contribution in [1.29, 1.82) is 0 Å². The summed E-state index contributed by atoms with van der Waals surface area (Å²) < 4.78 is 31.7. The second-order valence-corrected chi connectivity index (χ2v) is 5.93. The van der Waals surface area contributed by atoms with Gasteiger partial charge in [0.2, 0.25) is 5.13 Å². The number of amides is 1. The fourth-order valence-corrected chi connectivity index (χ4v) is 2.93. The molecule has 0 bridgehead atoms. The first-order chi connectivity index (χ1) is 12.0. The number of hydrogen-bond acceptors (Lipinski definition) is 6. The highest BCUT2D eigenvalue weighted by Crippen LogP contribution is 2.28. The molecule has 0 aliphatic carbocycles. The lowest BCUT2D eigenvalue weighted by Gasteiger charge is -2.06. The summed E-state index contributed by atoms with van der Waals surface area (Å²) in [4.78, 5) is 27.4. The number of esters is 1. The predicted molar refractivity (Wildman–Crippen MR) is 88.4 cm³/mol. The van der Waals surface area contributed by atoms with Gasteiger partial charge in [-0.3, -0.25) is 15.6 Å². The minimum atomic E-state index is -0.774. The van der Waals surface area contributed by atoms with E-state index in [1.807, 2.05) is 0 Å². The summed E-state index contributed by atoms with van der Waals surface area (Å²) in [6, 6.07) is 7.72. The van der Waals surface area contributed by atoms with Crippen LogP contribution in [0.5, 0.6) is 0 Å². The van der Waals surface area contributed by atoms with Crippen molar-refractivity contribution >= 4 is 38.6 Å². The number of carbonyl (C=O) groups is 2. The van der Waals surface area contributed by atoms with Gasteiger partial charge in [0.1, 0.15) is 11.3 Å². The largest absolute Gasteiger partial charge is 0.465 e. The summed E-state index contributed by atoms with van der Waals surface area (Å²) >= 11 is 0.994. The van der Waals surface area contributed by atoms with Crippen LogP contribution in [-0.4, -0.2) is 24.0 Å². The standard InChI is InChI=1S/C16H11F2N3O3S/c1-24-15(23)9-4-2-8(3-5-9)14(22)20-21-16-19-13-11(18)6-10(17)7-12(13)25-16/h2-7H,1H3,(H,19,21)(H,20,22). The Morgan fingerprint density at radius 1 is 1.12 bits per heavy atom. The Bertz CT molecular complexity index is 957. The number of halogens is 2. The molecule has 0 radical (unpaired) electrons. The van der Waals surface area contributed by atoms with Crippen molar-refractivity contribution in [2.45, 2.75) is 0 Å². The zero-order valence-electron chi connectivity index (χ0n) is 12.8. The van der Waals surface area contributed by atoms with Gasteiger partial charge in [-0.15, -0.1) is 0 Å². The summed E-state index contributed by atoms with van der Waals surface area (Å²) in [6.07, 6.45) is 0. The molecule has 0 saturated heterocycles. The average Bonchev–Trinajstić information content (AvgIpc) is 3.02. The predicted octanol–water partition coefficient (Wildman–Crippen LogP) is 3.12. The number of benzene rings is 2. The van der Waals surface area contributed by atoms with Crippen molar-refractivity contribution in [3.05, 3.63) is 59.2 Å². The van der Waals surface area contributed by atoms with E-state index in [2.05, 4.69) is 20.6 Å². The van der Waals surface area contributed by atoms with E-state index in [1.165, 1.54) is 31.4 Å². The number of carbonyl (C=O) groups excluding carboxylic acids is 2. The van der Waals surface area contributed by atoms with E-state index in [-0.39, 0.29) is 10.6 Å². The number of methoxy groups -OCH3 is 1. The van der Waals surface area contributed by atoms with Crippen LogP contribution in [0, 0.1) is 11.6 Å². The van der Waals surface area contributed by atoms with E-state index in [4.69, 9.17) is 0 Å². The van der Waals surface area contributed by atoms with E-state index < -0.39 is 23.5 Å². The van der Waals surface area contributed by atoms with E-state index in [0.717, 1.165) is 23.5 Å². The van der Waals surface area contributed by atoms with Crippen molar-refractivity contribution in [2.24, 2.45) is 0 Å². The highest BCUT2D eigenvalue weighted by molar-refractivity contribution is 7.22. The summed E-state index contributed by atoms with van der Waals surface area (Å²) in [7, 11) is 1.26. The third kappa shape index (κ3) is 3.56. The molecule has 128 valence electrons. The summed E-state index contributed by atoms with van der Waals surface area (Å²) in [6.45, 7) is 0. The second-order valence-electron chi connectivity index (χ2n) is 4.90. The maximum absolute atomic E-state index is 13.6. The van der Waals surface area contributed by atoms with E-state index in [0.29, 0.717) is 15.8 Å². The van der Waals surface area contributed by atoms with Crippen LogP contribution in [0.3, 0.4) is 0 Å². The maximum Gasteiger partial charge on any atom is 0.337 e. The fourth-order valence-electron chi connectivity index (χ4n) is 2.07. The number of ether oxygens (including phenoxy) is 1. The highest BCUT2D eigenvalue weighted by Gasteiger charge is 2.12. The average molecular weight is 363 g/mol. The second kappa shape index (κ2) is 6.81. The number of anilines is 1. The summed E-state index contributed by atoms with van der Waals surface area (Å²) in [5, 5.41) is 0.207. The van der Waals surface area contributed by atoms with Crippen LogP contribution in [0.1, 0.15) is 20.7 Å². The Morgan fingerprint density at radius 3 is 2.48 bits per heavy atom. The molecule has 2 aromatic carbocycles. The quantitative estimate of drug-likeness (QED) is 0.550. The van der Waals surface area contributed by atoms with Gasteiger partial charge in [0.25, 0.3) is 5.91 Å². The van der Waals surface area contributed by atoms with Gasteiger partial charge < -0.3 is 4.74 Å². The lowest BCUT2D eigenvalue weighted by molar-refractivity contribution is 0.0600. The first-order valence-electron chi connectivity index (χ1n) is 6.98. The molecule has 1 heterocycles. The summed E-state index contributed by atoms with van der Waals surface area (Å²) in [5.41, 5.74) is 5.58. The number of rotatable bonds is 4. The molecule has 3 rings (SSSR count). The molecule has 0 unspecified atom stereocenters. The van der Waals surface area contributed by atoms with Crippen LogP contribution in [-0.2, 0) is 4.74 Å². The van der Waals surface area contributed by atoms with Crippen LogP contribution in [0.4, 0.5) is 13.9 Å². The zero-order chi connectivity index (χ0) is 18.0. The number of aromatic nitrogens is 1. The molecule has 0 atom stereocenters. The van der Waals surface area contributed by atoms with Crippen LogP contribution in [0.25, 0.3) is 10.2 Å². The Kier molecular flexibility index (Phi) is 4.57. The molecule has 1 aromatic heterocycles. The monoisotopic (exact) mass is 363 g/mol. The lowest BCUT2D eigenvalue weighted by Crippen LogP contribution is -2.29. The molecule has 1 amide bonds. The molecule has 3 aromatic rings. The van der Waals surface area contributed by atoms with Crippen molar-refractivity contribution in [2.75, 3.05) is 12.5 Å². The van der Waals surface area contributed by atoms with Gasteiger partial charge in [-0.2, -0.15) is 0 Å². The summed E-state index contributed by atoms with van der Waals surface area (Å²) in [5.74, 6) is -2.46. The minimum Gasteiger partial charge on any atom is -0.465 e. The molecular weight excluding hydrogens is 352 g/mol. The Labute approximate surface area is 144 Å². The number of nitrogens with zero attached hydrogens (tertiary/aromatic N) is 1. The molecule has 0 aliphatic heterocycles. The van der Waals surface area contributed by atoms with Gasteiger partial charge in [0.15, 0.2) is 5.82 Å². The molecule has 0 fully saturated rings. The molecule has 2 N–H and O–H groups in total. The Hall–Kier alpha value is -3.07. The van der Waals surface area contributed by atoms with Gasteiger partial charge in [0, 0.05) is 11.6 Å². The van der Waals surface area contributed by atoms with Crippen LogP contribution < -0.4 is 10.9 Å². The fraction of sp³-hybridized carbons (Fsp3) is 0.0625. The van der Waals surface area contributed by atoms with Gasteiger partial charge in [-0.05, 0) is 30.3 Å². The van der Waals surface area contributed by atoms with Crippen LogP contribution in [0.15, 0.2) is 36.4 Å². The van der Waals surface area contributed by atoms with Crippen molar-refractivity contribution < 1.29 is 23.1 Å². The molecule has 0 aliphatic rings.